The molecule has 11 heteroatoms. The number of hydrogen-bond acceptors (Lipinski definition) is 7. The topological polar surface area (TPSA) is 82.0 Å². The van der Waals surface area contributed by atoms with Gasteiger partial charge in [-0.1, -0.05) is 46.6 Å². The van der Waals surface area contributed by atoms with Gasteiger partial charge in [-0.15, -0.1) is 13.2 Å². The second-order valence-electron chi connectivity index (χ2n) is 11.0. The molecule has 1 atom stereocenters. The number of esters is 1. The number of alkyl halides is 3. The molecule has 0 unspecified atom stereocenters. The van der Waals surface area contributed by atoms with E-state index in [2.05, 4.69) is 28.9 Å². The maximum Gasteiger partial charge on any atom is 0.573 e. The van der Waals surface area contributed by atoms with E-state index in [4.69, 9.17) is 14.5 Å². The number of halogens is 4. The summed E-state index contributed by atoms with van der Waals surface area (Å²) in [7, 11) is 1.63. The summed E-state index contributed by atoms with van der Waals surface area (Å²) < 4.78 is 65.2. The highest BCUT2D eigenvalue weighted by Crippen LogP contribution is 2.29. The van der Waals surface area contributed by atoms with Crippen molar-refractivity contribution in [2.75, 3.05) is 12.4 Å². The second-order valence-corrected chi connectivity index (χ2v) is 11.0. The number of carbonyl (C=O) groups is 1. The predicted molar refractivity (Wildman–Crippen MR) is 167 cm³/mol. The molecule has 1 aromatic carbocycles. The van der Waals surface area contributed by atoms with E-state index in [9.17, 15) is 22.4 Å². The van der Waals surface area contributed by atoms with E-state index in [0.717, 1.165) is 61.9 Å². The lowest BCUT2D eigenvalue weighted by molar-refractivity contribution is -0.275. The smallest absolute Gasteiger partial charge is 0.484 e. The number of pyridine rings is 1. The minimum atomic E-state index is -4.96. The van der Waals surface area contributed by atoms with Crippen LogP contribution >= 0.6 is 0 Å². The molecule has 0 saturated carbocycles. The number of benzene rings is 1. The number of aliphatic imine (C=N–C) groups is 1. The highest BCUT2D eigenvalue weighted by Gasteiger charge is 2.32. The zero-order valence-electron chi connectivity index (χ0n) is 27.1. The molecule has 44 heavy (non-hydrogen) atoms. The number of rotatable bonds is 13. The molecule has 0 amide bonds. The summed E-state index contributed by atoms with van der Waals surface area (Å²) in [5.41, 5.74) is 1.44. The van der Waals surface area contributed by atoms with Crippen molar-refractivity contribution in [1.82, 2.24) is 4.98 Å². The molecule has 0 aliphatic rings. The Labute approximate surface area is 259 Å². The van der Waals surface area contributed by atoms with Crippen LogP contribution in [0.15, 0.2) is 47.6 Å². The highest BCUT2D eigenvalue weighted by atomic mass is 19.4. The summed E-state index contributed by atoms with van der Waals surface area (Å²) in [5.74, 6) is -0.814. The van der Waals surface area contributed by atoms with Crippen molar-refractivity contribution in [2.45, 2.75) is 105 Å². The Kier molecular flexibility index (Phi) is 16.5. The largest absolute Gasteiger partial charge is 0.573 e. The van der Waals surface area contributed by atoms with Gasteiger partial charge >= 0.3 is 12.3 Å². The number of allylic oxidation sites excluding steroid dienone is 1. The summed E-state index contributed by atoms with van der Waals surface area (Å²) in [5, 5.41) is 2.87. The van der Waals surface area contributed by atoms with Crippen molar-refractivity contribution < 1.29 is 36.6 Å². The Morgan fingerprint density at radius 3 is 2.25 bits per heavy atom. The van der Waals surface area contributed by atoms with Crippen molar-refractivity contribution in [3.8, 4) is 5.75 Å². The maximum atomic E-state index is 13.9. The first-order valence-electron chi connectivity index (χ1n) is 15.0. The first kappa shape index (κ1) is 38.4. The van der Waals surface area contributed by atoms with Crippen LogP contribution in [0.3, 0.4) is 0 Å². The van der Waals surface area contributed by atoms with E-state index in [1.54, 1.807) is 19.4 Å². The molecule has 0 aliphatic carbocycles. The van der Waals surface area contributed by atoms with Crippen LogP contribution in [-0.4, -0.2) is 35.9 Å². The highest BCUT2D eigenvalue weighted by molar-refractivity contribution is 5.85. The molecule has 7 nitrogen and oxygen atoms in total. The lowest BCUT2D eigenvalue weighted by Crippen LogP contribution is -2.23. The fourth-order valence-corrected chi connectivity index (χ4v) is 3.95. The zero-order chi connectivity index (χ0) is 33.3. The number of ether oxygens (including phenoxy) is 3. The number of methoxy groups -OCH3 is 1. The van der Waals surface area contributed by atoms with Gasteiger partial charge in [-0.2, -0.15) is 0 Å². The average Bonchev–Trinajstić information content (AvgIpc) is 2.93. The van der Waals surface area contributed by atoms with Gasteiger partial charge in [0, 0.05) is 35.9 Å². The fourth-order valence-electron chi connectivity index (χ4n) is 3.95. The minimum absolute atomic E-state index is 0.102. The Morgan fingerprint density at radius 1 is 1.07 bits per heavy atom. The summed E-state index contributed by atoms with van der Waals surface area (Å²) in [4.78, 5) is 20.0. The Balaban J connectivity index is 0.000000828. The van der Waals surface area contributed by atoms with E-state index >= 15 is 0 Å². The average molecular weight is 626 g/mol. The van der Waals surface area contributed by atoms with Gasteiger partial charge in [-0.3, -0.25) is 4.79 Å². The molecule has 0 bridgehead atoms. The van der Waals surface area contributed by atoms with Crippen LogP contribution in [0.2, 0.25) is 0 Å². The molecule has 0 saturated heterocycles. The summed E-state index contributed by atoms with van der Waals surface area (Å²) in [6.45, 7) is 13.9. The normalized spacial score (nSPS) is 13.0. The SMILES string of the molecule is CC/C=C(/N=C(OC)[C@@H](CC)CCCC)c1ccc(Nc2ccc(OC(F)(F)F)c(F)c2)nc1.CCCC(=O)OC(C)(C)C. The molecule has 2 aromatic rings. The molecule has 2 rings (SSSR count). The van der Waals surface area contributed by atoms with E-state index in [0.29, 0.717) is 18.1 Å². The first-order valence-corrected chi connectivity index (χ1v) is 15.0. The van der Waals surface area contributed by atoms with Gasteiger partial charge in [0.05, 0.1) is 12.8 Å². The van der Waals surface area contributed by atoms with Crippen LogP contribution in [0.5, 0.6) is 5.75 Å². The van der Waals surface area contributed by atoms with Crippen molar-refractivity contribution in [3.63, 3.8) is 0 Å². The number of nitrogens with one attached hydrogen (secondary N) is 1. The lowest BCUT2D eigenvalue weighted by atomic mass is 9.99. The molecular weight excluding hydrogens is 578 g/mol. The second kappa shape index (κ2) is 18.9. The standard InChI is InChI=1S/C25H31F4N3O2.C8H16O2/c1-5-8-10-17(7-3)24(33-4)32-21(9-6-2)18-11-14-23(30-16-18)31-19-12-13-22(20(26)15-19)34-25(27,28)29;1-5-6-7(9)10-8(2,3)4/h9,11-17H,5-8,10H2,1-4H3,(H,30,31);5-6H2,1-4H3/b21-9+,32-24?;/t17-;/m0./s1. The van der Waals surface area contributed by atoms with Crippen molar-refractivity contribution in [3.05, 3.63) is 54.0 Å². The molecule has 246 valence electrons. The number of aromatic nitrogens is 1. The van der Waals surface area contributed by atoms with Crippen molar-refractivity contribution in [1.29, 1.82) is 0 Å². The first-order chi connectivity index (χ1) is 20.7. The van der Waals surface area contributed by atoms with E-state index in [1.165, 1.54) is 6.07 Å². The molecule has 1 aromatic heterocycles. The molecule has 0 aliphatic heterocycles. The van der Waals surface area contributed by atoms with Crippen LogP contribution in [0.25, 0.3) is 5.70 Å². The van der Waals surface area contributed by atoms with Gasteiger partial charge in [0.1, 0.15) is 11.4 Å². The third-order valence-corrected chi connectivity index (χ3v) is 5.95. The summed E-state index contributed by atoms with van der Waals surface area (Å²) in [6, 6.07) is 6.60. The van der Waals surface area contributed by atoms with Crippen LogP contribution in [0, 0.1) is 11.7 Å². The Bertz CT molecular complexity index is 1210. The molecule has 1 heterocycles. The molecule has 0 radical (unpaired) electrons. The van der Waals surface area contributed by atoms with E-state index in [1.807, 2.05) is 46.8 Å². The monoisotopic (exact) mass is 625 g/mol. The van der Waals surface area contributed by atoms with Gasteiger partial charge in [0.2, 0.25) is 0 Å². The van der Waals surface area contributed by atoms with Crippen LogP contribution in [0.4, 0.5) is 29.1 Å². The van der Waals surface area contributed by atoms with Crippen LogP contribution in [-0.2, 0) is 14.3 Å². The molecule has 0 spiro atoms. The molecule has 0 fully saturated rings. The number of nitrogens with zero attached hydrogens (tertiary/aromatic N) is 2. The number of carbonyl (C=O) groups excluding carboxylic acids is 1. The minimum Gasteiger partial charge on any atom is -0.484 e. The fraction of sp³-hybridized carbons (Fsp3) is 0.545. The Morgan fingerprint density at radius 2 is 1.77 bits per heavy atom. The number of anilines is 2. The van der Waals surface area contributed by atoms with Gasteiger partial charge in [-0.05, 0) is 70.7 Å². The quantitative estimate of drug-likeness (QED) is 0.103. The van der Waals surface area contributed by atoms with Gasteiger partial charge in [0.15, 0.2) is 17.5 Å². The third kappa shape index (κ3) is 15.2. The number of unbranched alkanes of at least 4 members (excludes halogenated alkanes) is 1. The zero-order valence-corrected chi connectivity index (χ0v) is 27.1. The van der Waals surface area contributed by atoms with Crippen LogP contribution in [0.1, 0.15) is 99.0 Å². The predicted octanol–water partition coefficient (Wildman–Crippen LogP) is 10.0. The summed E-state index contributed by atoms with van der Waals surface area (Å²) in [6.07, 6.45) is 4.94. The van der Waals surface area contributed by atoms with Crippen molar-refractivity contribution >= 4 is 29.1 Å². The number of hydrogen-bond donors (Lipinski definition) is 1. The molecular formula is C33H47F4N3O4. The van der Waals surface area contributed by atoms with Crippen molar-refractivity contribution in [2.24, 2.45) is 10.9 Å². The maximum absolute atomic E-state index is 13.9. The van der Waals surface area contributed by atoms with Gasteiger partial charge < -0.3 is 19.5 Å². The Hall–Kier alpha value is -3.63. The van der Waals surface area contributed by atoms with Crippen LogP contribution < -0.4 is 10.1 Å². The van der Waals surface area contributed by atoms with Gasteiger partial charge in [-0.25, -0.2) is 14.4 Å². The summed E-state index contributed by atoms with van der Waals surface area (Å²) >= 11 is 0. The van der Waals surface area contributed by atoms with E-state index in [-0.39, 0.29) is 23.2 Å². The van der Waals surface area contributed by atoms with E-state index < -0.39 is 17.9 Å². The lowest BCUT2D eigenvalue weighted by Gasteiger charge is -2.18. The third-order valence-electron chi connectivity index (χ3n) is 5.95. The molecule has 1 N–H and O–H groups in total. The van der Waals surface area contributed by atoms with Gasteiger partial charge in [0.25, 0.3) is 0 Å².